The Hall–Kier alpha value is -2.74. The van der Waals surface area contributed by atoms with Gasteiger partial charge in [0, 0.05) is 37.1 Å². The van der Waals surface area contributed by atoms with Gasteiger partial charge in [0.05, 0.1) is 11.3 Å². The van der Waals surface area contributed by atoms with Crippen molar-refractivity contribution in [2.24, 2.45) is 5.41 Å². The Morgan fingerprint density at radius 3 is 2.13 bits per heavy atom. The number of thioether (sulfide) groups is 1. The van der Waals surface area contributed by atoms with Crippen LogP contribution in [0.5, 0.6) is 5.75 Å². The van der Waals surface area contributed by atoms with E-state index in [1.54, 1.807) is 0 Å². The number of halogens is 8. The van der Waals surface area contributed by atoms with E-state index < -0.39 is 59.4 Å². The van der Waals surface area contributed by atoms with Crippen LogP contribution in [0.1, 0.15) is 38.2 Å². The Morgan fingerprint density at radius 1 is 1.10 bits per heavy atom. The van der Waals surface area contributed by atoms with Crippen LogP contribution in [0.2, 0.25) is 0 Å². The third-order valence-electron chi connectivity index (χ3n) is 5.84. The summed E-state index contributed by atoms with van der Waals surface area (Å²) < 4.78 is 107. The molecular formula is C25H27F8NO4S. The van der Waals surface area contributed by atoms with Gasteiger partial charge in [-0.3, -0.25) is 4.79 Å². The van der Waals surface area contributed by atoms with Crippen molar-refractivity contribution in [1.29, 1.82) is 0 Å². The predicted octanol–water partition coefficient (Wildman–Crippen LogP) is 7.58. The SMILES string of the molecule is CCC(F)(F)F.CO.O=C(O)C1(COc2cc3c(cc2C(F)(F)F)N(c2ccc(F)cc2)CC[C@@H](F)S3)CC1. The van der Waals surface area contributed by atoms with Crippen molar-refractivity contribution in [3.63, 3.8) is 0 Å². The van der Waals surface area contributed by atoms with Gasteiger partial charge in [-0.25, -0.2) is 8.78 Å². The number of ether oxygens (including phenoxy) is 1. The van der Waals surface area contributed by atoms with E-state index in [2.05, 4.69) is 0 Å². The first kappa shape index (κ1) is 32.5. The number of rotatable bonds is 5. The van der Waals surface area contributed by atoms with Crippen molar-refractivity contribution in [1.82, 2.24) is 0 Å². The van der Waals surface area contributed by atoms with Gasteiger partial charge in [0.25, 0.3) is 0 Å². The summed E-state index contributed by atoms with van der Waals surface area (Å²) in [4.78, 5) is 13.1. The van der Waals surface area contributed by atoms with E-state index in [1.165, 1.54) is 29.2 Å². The van der Waals surface area contributed by atoms with Crippen molar-refractivity contribution in [3.05, 3.63) is 47.8 Å². The summed E-state index contributed by atoms with van der Waals surface area (Å²) >= 11 is 0.777. The number of carbonyl (C=O) groups is 1. The van der Waals surface area contributed by atoms with Crippen molar-refractivity contribution in [2.45, 2.75) is 55.4 Å². The number of hydrogen-bond acceptors (Lipinski definition) is 5. The van der Waals surface area contributed by atoms with Gasteiger partial charge in [-0.2, -0.15) is 26.3 Å². The van der Waals surface area contributed by atoms with Crippen LogP contribution in [0.4, 0.5) is 46.5 Å². The van der Waals surface area contributed by atoms with Gasteiger partial charge < -0.3 is 19.8 Å². The topological polar surface area (TPSA) is 70.0 Å². The molecule has 0 radical (unpaired) electrons. The maximum atomic E-state index is 14.4. The van der Waals surface area contributed by atoms with Crippen LogP contribution in [0.25, 0.3) is 0 Å². The molecule has 2 aromatic rings. The van der Waals surface area contributed by atoms with E-state index in [-0.39, 0.29) is 23.5 Å². The number of benzene rings is 2. The van der Waals surface area contributed by atoms with Crippen LogP contribution < -0.4 is 9.64 Å². The lowest BCUT2D eigenvalue weighted by atomic mass is 10.1. The third kappa shape index (κ3) is 8.88. The van der Waals surface area contributed by atoms with E-state index in [0.29, 0.717) is 18.5 Å². The summed E-state index contributed by atoms with van der Waals surface area (Å²) in [5, 5.41) is 16.3. The fraction of sp³-hybridized carbons (Fsp3) is 0.480. The highest BCUT2D eigenvalue weighted by Crippen LogP contribution is 2.50. The van der Waals surface area contributed by atoms with Crippen molar-refractivity contribution >= 4 is 29.1 Å². The van der Waals surface area contributed by atoms with Gasteiger partial charge in [0.15, 0.2) is 5.50 Å². The Balaban J connectivity index is 0.000000590. The number of aliphatic hydroxyl groups is 1. The predicted molar refractivity (Wildman–Crippen MR) is 130 cm³/mol. The molecule has 1 saturated carbocycles. The molecular weight excluding hydrogens is 562 g/mol. The number of aliphatic carboxylic acids is 1. The minimum Gasteiger partial charge on any atom is -0.492 e. The fourth-order valence-corrected chi connectivity index (χ4v) is 4.38. The second-order valence-corrected chi connectivity index (χ2v) is 9.79. The van der Waals surface area contributed by atoms with Crippen LogP contribution in [0.3, 0.4) is 0 Å². The first-order valence-electron chi connectivity index (χ1n) is 11.6. The summed E-state index contributed by atoms with van der Waals surface area (Å²) in [7, 11) is 1.00. The van der Waals surface area contributed by atoms with E-state index in [9.17, 15) is 45.0 Å². The Labute approximate surface area is 223 Å². The molecule has 1 atom stereocenters. The average Bonchev–Trinajstić information content (AvgIpc) is 3.68. The minimum absolute atomic E-state index is 0.0520. The van der Waals surface area contributed by atoms with Gasteiger partial charge in [0.1, 0.15) is 23.6 Å². The van der Waals surface area contributed by atoms with Gasteiger partial charge in [-0.1, -0.05) is 18.7 Å². The lowest BCUT2D eigenvalue weighted by Crippen LogP contribution is -2.24. The van der Waals surface area contributed by atoms with E-state index in [4.69, 9.17) is 9.84 Å². The molecule has 1 heterocycles. The van der Waals surface area contributed by atoms with Gasteiger partial charge in [-0.05, 0) is 49.2 Å². The standard InChI is InChI=1S/C21H18F5NO3S.C3H5F3.CH4O/c22-12-1-3-13(4-2-12)27-8-5-18(23)31-17-10-16(14(9-15(17)27)21(24,25)26)30-11-20(6-7-20)19(28)29;1-2-3(4,5)6;1-2/h1-4,9-10,18H,5-8,11H2,(H,28,29);2H2,1H3;2H,1H3/t18-;;/m0../s1. The van der Waals surface area contributed by atoms with Gasteiger partial charge >= 0.3 is 18.3 Å². The molecule has 2 aromatic carbocycles. The average molecular weight is 590 g/mol. The molecule has 2 aliphatic rings. The first-order valence-corrected chi connectivity index (χ1v) is 12.5. The maximum Gasteiger partial charge on any atom is 0.420 e. The van der Waals surface area contributed by atoms with Crippen molar-refractivity contribution in [3.8, 4) is 5.75 Å². The van der Waals surface area contributed by atoms with E-state index in [0.717, 1.165) is 37.9 Å². The number of carboxylic acid groups (broad SMARTS) is 1. The van der Waals surface area contributed by atoms with Crippen molar-refractivity contribution in [2.75, 3.05) is 25.2 Å². The van der Waals surface area contributed by atoms with Crippen LogP contribution in [-0.2, 0) is 11.0 Å². The molecule has 0 saturated heterocycles. The molecule has 2 N–H and O–H groups in total. The van der Waals surface area contributed by atoms with E-state index in [1.807, 2.05) is 0 Å². The zero-order chi connectivity index (χ0) is 29.6. The number of hydrogen-bond donors (Lipinski definition) is 2. The zero-order valence-corrected chi connectivity index (χ0v) is 21.7. The lowest BCUT2D eigenvalue weighted by Gasteiger charge is -2.27. The number of nitrogens with zero attached hydrogens (tertiary/aromatic N) is 1. The normalized spacial score (nSPS) is 17.9. The largest absolute Gasteiger partial charge is 0.492 e. The molecule has 0 aromatic heterocycles. The molecule has 218 valence electrons. The van der Waals surface area contributed by atoms with Crippen LogP contribution in [0.15, 0.2) is 41.3 Å². The second-order valence-electron chi connectivity index (χ2n) is 8.60. The lowest BCUT2D eigenvalue weighted by molar-refractivity contribution is -0.144. The number of anilines is 2. The second kappa shape index (κ2) is 13.1. The molecule has 39 heavy (non-hydrogen) atoms. The first-order chi connectivity index (χ1) is 18.1. The Bertz CT molecular complexity index is 1100. The minimum atomic E-state index is -4.77. The highest BCUT2D eigenvalue weighted by atomic mass is 32.2. The highest BCUT2D eigenvalue weighted by molar-refractivity contribution is 8.00. The fourth-order valence-electron chi connectivity index (χ4n) is 3.42. The number of fused-ring (bicyclic) bond motifs is 1. The van der Waals surface area contributed by atoms with Crippen LogP contribution in [0, 0.1) is 11.2 Å². The molecule has 0 bridgehead atoms. The third-order valence-corrected chi connectivity index (χ3v) is 6.91. The summed E-state index contributed by atoms with van der Waals surface area (Å²) in [5.41, 5.74) is -3.04. The monoisotopic (exact) mass is 589 g/mol. The molecule has 14 heteroatoms. The van der Waals surface area contributed by atoms with E-state index >= 15 is 0 Å². The molecule has 1 aliphatic carbocycles. The molecule has 5 nitrogen and oxygen atoms in total. The highest BCUT2D eigenvalue weighted by Gasteiger charge is 2.51. The Morgan fingerprint density at radius 2 is 1.67 bits per heavy atom. The molecule has 0 spiro atoms. The van der Waals surface area contributed by atoms with Gasteiger partial charge in [-0.15, -0.1) is 0 Å². The summed E-state index contributed by atoms with van der Waals surface area (Å²) in [6.07, 6.45) is -8.75. The molecule has 0 amide bonds. The quantitative estimate of drug-likeness (QED) is 0.351. The van der Waals surface area contributed by atoms with Gasteiger partial charge in [0.2, 0.25) is 0 Å². The summed E-state index contributed by atoms with van der Waals surface area (Å²) in [6.45, 7) is 0.794. The molecule has 1 fully saturated rings. The maximum absolute atomic E-state index is 14.4. The summed E-state index contributed by atoms with van der Waals surface area (Å²) in [5.74, 6) is -2.14. The number of alkyl halides is 7. The summed E-state index contributed by atoms with van der Waals surface area (Å²) in [6, 6.07) is 7.22. The number of aliphatic hydroxyl groups excluding tert-OH is 1. The Kier molecular flexibility index (Phi) is 10.9. The van der Waals surface area contributed by atoms with Crippen LogP contribution in [-0.4, -0.2) is 48.1 Å². The zero-order valence-electron chi connectivity index (χ0n) is 20.9. The molecule has 1 aliphatic heterocycles. The smallest absolute Gasteiger partial charge is 0.420 e. The van der Waals surface area contributed by atoms with Crippen LogP contribution >= 0.6 is 11.8 Å². The number of carboxylic acids is 1. The molecule has 0 unspecified atom stereocenters. The van der Waals surface area contributed by atoms with Crippen molar-refractivity contribution < 1.29 is 54.9 Å². The molecule has 4 rings (SSSR count).